The first-order valence-corrected chi connectivity index (χ1v) is 8.33. The molecule has 0 saturated heterocycles. The monoisotopic (exact) mass is 378 g/mol. The number of aromatic nitrogens is 2. The highest BCUT2D eigenvalue weighted by molar-refractivity contribution is 6.29. The molecule has 0 fully saturated rings. The van der Waals surface area contributed by atoms with Crippen molar-refractivity contribution in [3.05, 3.63) is 53.2 Å². The van der Waals surface area contributed by atoms with Crippen LogP contribution < -0.4 is 0 Å². The van der Waals surface area contributed by atoms with Gasteiger partial charge >= 0.3 is 6.09 Å². The predicted octanol–water partition coefficient (Wildman–Crippen LogP) is 6.08. The van der Waals surface area contributed by atoms with Crippen molar-refractivity contribution in [2.24, 2.45) is 0 Å². The summed E-state index contributed by atoms with van der Waals surface area (Å²) in [6, 6.07) is 10.9. The fourth-order valence-electron chi connectivity index (χ4n) is 2.59. The summed E-state index contributed by atoms with van der Waals surface area (Å²) >= 11 is 5.97. The van der Waals surface area contributed by atoms with Gasteiger partial charge in [-0.3, -0.25) is 0 Å². The molecule has 1 aromatic carbocycles. The topological polar surface area (TPSA) is 44.1 Å². The van der Waals surface area contributed by atoms with Crippen LogP contribution in [0.5, 0.6) is 0 Å². The lowest BCUT2D eigenvalue weighted by molar-refractivity contribution is 0.0546. The number of alkyl halides is 2. The number of benzene rings is 1. The summed E-state index contributed by atoms with van der Waals surface area (Å²) in [5, 5.41) is 0.867. The maximum Gasteiger partial charge on any atom is 0.420 e. The van der Waals surface area contributed by atoms with Crippen molar-refractivity contribution in [1.82, 2.24) is 9.55 Å². The van der Waals surface area contributed by atoms with Crippen LogP contribution in [0.1, 0.15) is 32.8 Å². The molecule has 0 amide bonds. The van der Waals surface area contributed by atoms with Gasteiger partial charge in [-0.2, -0.15) is 0 Å². The molecule has 0 radical (unpaired) electrons. The maximum atomic E-state index is 13.1. The van der Waals surface area contributed by atoms with Crippen LogP contribution in [0.25, 0.3) is 22.3 Å². The number of carbonyl (C=O) groups excluding carboxylic acids is 1. The maximum absolute atomic E-state index is 13.1. The Morgan fingerprint density at radius 2 is 1.92 bits per heavy atom. The van der Waals surface area contributed by atoms with Crippen molar-refractivity contribution in [2.45, 2.75) is 32.8 Å². The molecule has 0 unspecified atom stereocenters. The van der Waals surface area contributed by atoms with Crippen molar-refractivity contribution >= 4 is 28.7 Å². The zero-order valence-corrected chi connectivity index (χ0v) is 15.2. The Kier molecular flexibility index (Phi) is 4.71. The van der Waals surface area contributed by atoms with Crippen molar-refractivity contribution in [3.8, 4) is 11.3 Å². The third kappa shape index (κ3) is 3.70. The van der Waals surface area contributed by atoms with Gasteiger partial charge < -0.3 is 4.74 Å². The van der Waals surface area contributed by atoms with Gasteiger partial charge in [0.05, 0.1) is 5.69 Å². The van der Waals surface area contributed by atoms with E-state index in [9.17, 15) is 13.6 Å². The highest BCUT2D eigenvalue weighted by atomic mass is 35.5. The van der Waals surface area contributed by atoms with Crippen LogP contribution in [-0.4, -0.2) is 21.2 Å². The number of carbonyl (C=O) groups is 1. The summed E-state index contributed by atoms with van der Waals surface area (Å²) in [4.78, 5) is 17.0. The number of rotatable bonds is 2. The van der Waals surface area contributed by atoms with Gasteiger partial charge in [-0.1, -0.05) is 29.8 Å². The third-order valence-electron chi connectivity index (χ3n) is 3.63. The number of hydrogen-bond acceptors (Lipinski definition) is 3. The van der Waals surface area contributed by atoms with E-state index in [-0.39, 0.29) is 10.7 Å². The quantitative estimate of drug-likeness (QED) is 0.508. The molecule has 0 spiro atoms. The van der Waals surface area contributed by atoms with E-state index < -0.39 is 18.1 Å². The molecule has 0 N–H and O–H groups in total. The second-order valence-electron chi connectivity index (χ2n) is 6.82. The molecule has 0 aliphatic rings. The van der Waals surface area contributed by atoms with Crippen LogP contribution in [-0.2, 0) is 4.74 Å². The zero-order valence-electron chi connectivity index (χ0n) is 14.5. The van der Waals surface area contributed by atoms with E-state index in [1.54, 1.807) is 45.0 Å². The normalized spacial score (nSPS) is 12.0. The Balaban J connectivity index is 2.23. The lowest BCUT2D eigenvalue weighted by Gasteiger charge is -2.20. The van der Waals surface area contributed by atoms with Gasteiger partial charge in [0, 0.05) is 10.9 Å². The lowest BCUT2D eigenvalue weighted by Crippen LogP contribution is -2.27. The van der Waals surface area contributed by atoms with Crippen molar-refractivity contribution in [3.63, 3.8) is 0 Å². The summed E-state index contributed by atoms with van der Waals surface area (Å²) in [5.41, 5.74) is 0.321. The van der Waals surface area contributed by atoms with Gasteiger partial charge in [-0.05, 0) is 50.6 Å². The van der Waals surface area contributed by atoms with E-state index in [1.807, 2.05) is 0 Å². The second kappa shape index (κ2) is 6.68. The molecular weight excluding hydrogens is 362 g/mol. The average Bonchev–Trinajstić information content (AvgIpc) is 2.92. The number of fused-ring (bicyclic) bond motifs is 1. The fraction of sp³-hybridized carbons (Fsp3) is 0.263. The predicted molar refractivity (Wildman–Crippen MR) is 96.8 cm³/mol. The molecule has 2 aromatic heterocycles. The highest BCUT2D eigenvalue weighted by Gasteiger charge is 2.24. The number of ether oxygens (including phenoxy) is 1. The largest absolute Gasteiger partial charge is 0.443 e. The Hall–Kier alpha value is -2.47. The first kappa shape index (κ1) is 18.3. The summed E-state index contributed by atoms with van der Waals surface area (Å²) in [7, 11) is 0. The van der Waals surface area contributed by atoms with Gasteiger partial charge in [0.1, 0.15) is 10.8 Å². The van der Waals surface area contributed by atoms with E-state index in [4.69, 9.17) is 16.3 Å². The van der Waals surface area contributed by atoms with Gasteiger partial charge in [0.15, 0.2) is 5.65 Å². The minimum Gasteiger partial charge on any atom is -0.443 e. The van der Waals surface area contributed by atoms with Gasteiger partial charge in [0.25, 0.3) is 6.43 Å². The van der Waals surface area contributed by atoms with Crippen molar-refractivity contribution in [2.75, 3.05) is 0 Å². The first-order valence-electron chi connectivity index (χ1n) is 7.95. The zero-order chi connectivity index (χ0) is 19.1. The van der Waals surface area contributed by atoms with E-state index in [0.29, 0.717) is 22.3 Å². The molecule has 7 heteroatoms. The molecule has 0 atom stereocenters. The Bertz CT molecular complexity index is 977. The minimum atomic E-state index is -2.61. The molecule has 0 bridgehead atoms. The number of halogens is 3. The smallest absolute Gasteiger partial charge is 0.420 e. The third-order valence-corrected chi connectivity index (χ3v) is 3.84. The summed E-state index contributed by atoms with van der Waals surface area (Å²) < 4.78 is 32.9. The molecule has 136 valence electrons. The average molecular weight is 379 g/mol. The van der Waals surface area contributed by atoms with Crippen LogP contribution in [0.2, 0.25) is 5.15 Å². The van der Waals surface area contributed by atoms with E-state index in [1.165, 1.54) is 22.8 Å². The standard InChI is InChI=1S/C19H17ClF2N2O2/c1-19(2,3)26-18(25)24-14(10-13-7-8-15(20)23-17(13)24)11-5-4-6-12(9-11)16(21)22/h4-10,16H,1-3H3. The van der Waals surface area contributed by atoms with Gasteiger partial charge in [0.2, 0.25) is 0 Å². The molecular formula is C19H17ClF2N2O2. The Morgan fingerprint density at radius 1 is 1.19 bits per heavy atom. The molecule has 0 saturated carbocycles. The van der Waals surface area contributed by atoms with E-state index in [0.717, 1.165) is 0 Å². The van der Waals surface area contributed by atoms with E-state index in [2.05, 4.69) is 4.98 Å². The number of pyridine rings is 1. The Morgan fingerprint density at radius 3 is 2.58 bits per heavy atom. The first-order chi connectivity index (χ1) is 12.2. The minimum absolute atomic E-state index is 0.130. The SMILES string of the molecule is CC(C)(C)OC(=O)n1c(-c2cccc(C(F)F)c2)cc2ccc(Cl)nc21. The van der Waals surface area contributed by atoms with Crippen LogP contribution in [0.15, 0.2) is 42.5 Å². The molecule has 2 heterocycles. The van der Waals surface area contributed by atoms with Crippen LogP contribution in [0.4, 0.5) is 13.6 Å². The lowest BCUT2D eigenvalue weighted by atomic mass is 10.1. The highest BCUT2D eigenvalue weighted by Crippen LogP contribution is 2.31. The van der Waals surface area contributed by atoms with Crippen LogP contribution in [0.3, 0.4) is 0 Å². The molecule has 26 heavy (non-hydrogen) atoms. The van der Waals surface area contributed by atoms with Crippen LogP contribution in [0, 0.1) is 0 Å². The van der Waals surface area contributed by atoms with Crippen LogP contribution >= 0.6 is 11.6 Å². The molecule has 3 rings (SSSR count). The number of hydrogen-bond donors (Lipinski definition) is 0. The van der Waals surface area contributed by atoms with E-state index >= 15 is 0 Å². The molecule has 0 aliphatic heterocycles. The summed E-state index contributed by atoms with van der Waals surface area (Å²) in [5.74, 6) is 0. The van der Waals surface area contributed by atoms with Crippen molar-refractivity contribution in [1.29, 1.82) is 0 Å². The number of nitrogens with zero attached hydrogens (tertiary/aromatic N) is 2. The molecule has 3 aromatic rings. The molecule has 4 nitrogen and oxygen atoms in total. The molecule has 0 aliphatic carbocycles. The van der Waals surface area contributed by atoms with Gasteiger partial charge in [-0.15, -0.1) is 0 Å². The summed E-state index contributed by atoms with van der Waals surface area (Å²) in [6.07, 6.45) is -3.26. The van der Waals surface area contributed by atoms with Crippen molar-refractivity contribution < 1.29 is 18.3 Å². The van der Waals surface area contributed by atoms with Gasteiger partial charge in [-0.25, -0.2) is 23.1 Å². The second-order valence-corrected chi connectivity index (χ2v) is 7.21. The summed E-state index contributed by atoms with van der Waals surface area (Å²) in [6.45, 7) is 5.23. The Labute approximate surface area is 154 Å². The fourth-order valence-corrected chi connectivity index (χ4v) is 2.74.